The highest BCUT2D eigenvalue weighted by molar-refractivity contribution is 6.43. The molecule has 1 heterocycles. The van der Waals surface area contributed by atoms with Gasteiger partial charge in [0.15, 0.2) is 11.6 Å². The van der Waals surface area contributed by atoms with Crippen molar-refractivity contribution in [2.45, 2.75) is 19.3 Å². The first-order valence-electron chi connectivity index (χ1n) is 13.9. The van der Waals surface area contributed by atoms with Crippen molar-refractivity contribution in [2.24, 2.45) is 0 Å². The zero-order valence-corrected chi connectivity index (χ0v) is 23.3. The molecule has 0 saturated heterocycles. The van der Waals surface area contributed by atoms with Gasteiger partial charge in [0.05, 0.1) is 16.9 Å². The third-order valence-corrected chi connectivity index (χ3v) is 8.43. The number of benzene rings is 5. The van der Waals surface area contributed by atoms with Crippen molar-refractivity contribution in [3.05, 3.63) is 149 Å². The number of nitrogens with zero attached hydrogens (tertiary/aromatic N) is 1. The maximum Gasteiger partial charge on any atom is 0.197 e. The van der Waals surface area contributed by atoms with Crippen molar-refractivity contribution >= 4 is 48.0 Å². The van der Waals surface area contributed by atoms with Gasteiger partial charge in [-0.1, -0.05) is 98.2 Å². The summed E-state index contributed by atoms with van der Waals surface area (Å²) in [5.41, 5.74) is 10.7. The summed E-state index contributed by atoms with van der Waals surface area (Å²) in [6.07, 6.45) is 1.76. The highest BCUT2D eigenvalue weighted by Gasteiger charge is 2.38. The Morgan fingerprint density at radius 2 is 1.27 bits per heavy atom. The first kappa shape index (κ1) is 25.0. The Morgan fingerprint density at radius 3 is 2.00 bits per heavy atom. The maximum atomic E-state index is 13.3. The summed E-state index contributed by atoms with van der Waals surface area (Å²) in [5.74, 6) is -0.403. The van der Waals surface area contributed by atoms with Crippen LogP contribution in [0.5, 0.6) is 0 Å². The van der Waals surface area contributed by atoms with E-state index in [2.05, 4.69) is 97.6 Å². The third kappa shape index (κ3) is 3.98. The lowest BCUT2D eigenvalue weighted by Crippen LogP contribution is -2.30. The summed E-state index contributed by atoms with van der Waals surface area (Å²) in [4.78, 5) is 28.8. The molecule has 0 fully saturated rings. The van der Waals surface area contributed by atoms with Gasteiger partial charge in [-0.15, -0.1) is 0 Å². The molecule has 5 aromatic rings. The molecule has 2 aliphatic rings. The topological polar surface area (TPSA) is 37.4 Å². The van der Waals surface area contributed by atoms with Gasteiger partial charge in [-0.25, -0.2) is 0 Å². The van der Waals surface area contributed by atoms with Crippen LogP contribution in [0.25, 0.3) is 17.2 Å². The first-order valence-corrected chi connectivity index (χ1v) is 13.9. The lowest BCUT2D eigenvalue weighted by molar-refractivity contribution is 0.0990. The minimum absolute atomic E-state index is 0.200. The molecule has 0 radical (unpaired) electrons. The number of rotatable bonds is 3. The molecule has 0 unspecified atom stereocenters. The van der Waals surface area contributed by atoms with Gasteiger partial charge in [-0.3, -0.25) is 9.59 Å². The summed E-state index contributed by atoms with van der Waals surface area (Å²) in [6.45, 7) is 4.51. The van der Waals surface area contributed by atoms with Crippen LogP contribution in [0.4, 0.5) is 17.1 Å². The highest BCUT2D eigenvalue weighted by atomic mass is 16.2. The van der Waals surface area contributed by atoms with Crippen LogP contribution >= 0.6 is 0 Å². The van der Waals surface area contributed by atoms with Crippen LogP contribution in [0.2, 0.25) is 0 Å². The molecule has 0 spiro atoms. The van der Waals surface area contributed by atoms with Gasteiger partial charge in [0, 0.05) is 22.2 Å². The van der Waals surface area contributed by atoms with E-state index in [9.17, 15) is 9.59 Å². The molecule has 0 aromatic heterocycles. The molecule has 1 aliphatic carbocycles. The van der Waals surface area contributed by atoms with Crippen molar-refractivity contribution < 1.29 is 9.59 Å². The normalized spacial score (nSPS) is 16.0. The zero-order valence-electron chi connectivity index (χ0n) is 23.3. The summed E-state index contributed by atoms with van der Waals surface area (Å²) in [5, 5.41) is 0. The van der Waals surface area contributed by atoms with Crippen molar-refractivity contribution in [1.29, 1.82) is 0 Å². The molecule has 41 heavy (non-hydrogen) atoms. The van der Waals surface area contributed by atoms with Crippen LogP contribution in [0, 0.1) is 0 Å². The Hall–Kier alpha value is -4.96. The molecule has 7 rings (SSSR count). The van der Waals surface area contributed by atoms with Crippen LogP contribution in [0.3, 0.4) is 0 Å². The Morgan fingerprint density at radius 1 is 0.634 bits per heavy atom. The molecule has 1 aliphatic heterocycles. The summed E-state index contributed by atoms with van der Waals surface area (Å²) in [6, 6.07) is 39.3. The van der Waals surface area contributed by atoms with Gasteiger partial charge < -0.3 is 4.90 Å². The molecule has 196 valence electrons. The number of allylic oxidation sites excluding steroid dienone is 1. The second kappa shape index (κ2) is 9.31. The largest absolute Gasteiger partial charge is 0.310 e. The molecule has 0 atom stereocenters. The quantitative estimate of drug-likeness (QED) is 0.141. The smallest absolute Gasteiger partial charge is 0.197 e. The number of hydrogen-bond donors (Lipinski definition) is 0. The SMILES string of the molecule is Bc1ccc2c(c1)C(=O)/C(=C\c1ccc3c(c1)C(C)(C)c1cc(-c4ccccc4)ccc1N3c1ccccc1)C2=O. The van der Waals surface area contributed by atoms with E-state index in [0.717, 1.165) is 33.7 Å². The first-order chi connectivity index (χ1) is 19.8. The van der Waals surface area contributed by atoms with Crippen molar-refractivity contribution in [3.8, 4) is 11.1 Å². The van der Waals surface area contributed by atoms with Crippen molar-refractivity contribution in [3.63, 3.8) is 0 Å². The van der Waals surface area contributed by atoms with Crippen molar-refractivity contribution in [1.82, 2.24) is 0 Å². The fourth-order valence-electron chi connectivity index (χ4n) is 6.25. The highest BCUT2D eigenvalue weighted by Crippen LogP contribution is 2.53. The van der Waals surface area contributed by atoms with E-state index in [1.165, 1.54) is 16.7 Å². The minimum Gasteiger partial charge on any atom is -0.310 e. The number of fused-ring (bicyclic) bond motifs is 3. The second-order valence-electron chi connectivity index (χ2n) is 11.4. The molecule has 4 heteroatoms. The number of hydrogen-bond acceptors (Lipinski definition) is 3. The van der Waals surface area contributed by atoms with E-state index in [4.69, 9.17) is 0 Å². The predicted octanol–water partition coefficient (Wildman–Crippen LogP) is 7.18. The monoisotopic (exact) mass is 529 g/mol. The Kier molecular flexibility index (Phi) is 5.69. The van der Waals surface area contributed by atoms with Gasteiger partial charge in [0.25, 0.3) is 0 Å². The average Bonchev–Trinajstić information content (AvgIpc) is 3.22. The van der Waals surface area contributed by atoms with E-state index < -0.39 is 0 Å². The lowest BCUT2D eigenvalue weighted by atomic mass is 9.72. The van der Waals surface area contributed by atoms with Crippen molar-refractivity contribution in [2.75, 3.05) is 4.90 Å². The number of carbonyl (C=O) groups is 2. The Bertz CT molecular complexity index is 1910. The molecule has 3 nitrogen and oxygen atoms in total. The number of Topliss-reactive ketones (excluding diaryl/α,β-unsaturated/α-hetero) is 2. The third-order valence-electron chi connectivity index (χ3n) is 8.43. The molecule has 0 N–H and O–H groups in total. The molecule has 0 saturated carbocycles. The summed E-state index contributed by atoms with van der Waals surface area (Å²) >= 11 is 0. The molecule has 0 bridgehead atoms. The number of carbonyl (C=O) groups excluding carboxylic acids is 2. The lowest BCUT2D eigenvalue weighted by Gasteiger charge is -2.42. The van der Waals surface area contributed by atoms with E-state index >= 15 is 0 Å². The van der Waals surface area contributed by atoms with Crippen LogP contribution in [0.1, 0.15) is 51.3 Å². The summed E-state index contributed by atoms with van der Waals surface area (Å²) in [7, 11) is 1.94. The van der Waals surface area contributed by atoms with Gasteiger partial charge in [-0.05, 0) is 70.3 Å². The molecular formula is C37H28BNO2. The summed E-state index contributed by atoms with van der Waals surface area (Å²) < 4.78 is 0. The van der Waals surface area contributed by atoms with Crippen LogP contribution in [-0.2, 0) is 5.41 Å². The zero-order chi connectivity index (χ0) is 28.3. The standard InChI is InChI=1S/C37H28BNO2/c1-37(2)31-20-23(19-30-35(40)28-16-15-26(38)22-29(28)36(30)41)13-17-33(31)39(27-11-7-4-8-12-27)34-18-14-25(21-32(34)37)24-9-5-3-6-10-24/h3-22H,38H2,1-2H3/b30-19-. The number of ketones is 2. The Balaban J connectivity index is 1.39. The van der Waals surface area contributed by atoms with Gasteiger partial charge in [-0.2, -0.15) is 0 Å². The average molecular weight is 529 g/mol. The maximum absolute atomic E-state index is 13.3. The fourth-order valence-corrected chi connectivity index (χ4v) is 6.25. The van der Waals surface area contributed by atoms with E-state index in [-0.39, 0.29) is 22.6 Å². The van der Waals surface area contributed by atoms with Crippen LogP contribution < -0.4 is 10.4 Å². The fraction of sp³-hybridized carbons (Fsp3) is 0.0811. The van der Waals surface area contributed by atoms with E-state index in [0.29, 0.717) is 11.1 Å². The number of anilines is 3. The predicted molar refractivity (Wildman–Crippen MR) is 170 cm³/mol. The van der Waals surface area contributed by atoms with Gasteiger partial charge in [0.1, 0.15) is 7.85 Å². The van der Waals surface area contributed by atoms with Gasteiger partial charge >= 0.3 is 0 Å². The van der Waals surface area contributed by atoms with E-state index in [1.807, 2.05) is 38.2 Å². The van der Waals surface area contributed by atoms with Crippen LogP contribution in [0.15, 0.2) is 121 Å². The minimum atomic E-state index is -0.334. The van der Waals surface area contributed by atoms with E-state index in [1.54, 1.807) is 12.1 Å². The Labute approximate surface area is 241 Å². The molecular weight excluding hydrogens is 501 g/mol. The van der Waals surface area contributed by atoms with Crippen LogP contribution in [-0.4, -0.2) is 19.4 Å². The second-order valence-corrected chi connectivity index (χ2v) is 11.4. The number of para-hydroxylation sites is 1. The molecule has 5 aromatic carbocycles. The van der Waals surface area contributed by atoms with Gasteiger partial charge in [0.2, 0.25) is 0 Å². The molecule has 0 amide bonds.